The zero-order valence-electron chi connectivity index (χ0n) is 15.3. The molecule has 4 nitrogen and oxygen atoms in total. The van der Waals surface area contributed by atoms with Gasteiger partial charge in [-0.1, -0.05) is 42.5 Å². The number of nitrogens with zero attached hydrogens (tertiary/aromatic N) is 2. The summed E-state index contributed by atoms with van der Waals surface area (Å²) in [6, 6.07) is 18.3. The quantitative estimate of drug-likeness (QED) is 0.838. The molecule has 1 aliphatic heterocycles. The highest BCUT2D eigenvalue weighted by Gasteiger charge is 2.31. The maximum atomic E-state index is 12.4. The molecular formula is C22H26N2O2. The Bertz CT molecular complexity index is 754. The first-order valence-electron chi connectivity index (χ1n) is 9.50. The van der Waals surface area contributed by atoms with Crippen LogP contribution in [0.25, 0.3) is 0 Å². The van der Waals surface area contributed by atoms with Crippen LogP contribution in [0.5, 0.6) is 5.75 Å². The monoisotopic (exact) mass is 350 g/mol. The van der Waals surface area contributed by atoms with Crippen molar-refractivity contribution in [3.8, 4) is 5.75 Å². The summed E-state index contributed by atoms with van der Waals surface area (Å²) in [5.41, 5.74) is 3.04. The topological polar surface area (TPSA) is 32.8 Å². The molecule has 0 spiro atoms. The second-order valence-corrected chi connectivity index (χ2v) is 7.42. The predicted molar refractivity (Wildman–Crippen MR) is 103 cm³/mol. The maximum absolute atomic E-state index is 12.4. The maximum Gasteiger partial charge on any atom is 0.415 e. The lowest BCUT2D eigenvalue weighted by Crippen LogP contribution is -2.47. The van der Waals surface area contributed by atoms with Crippen LogP contribution in [0.1, 0.15) is 29.9 Å². The number of ether oxygens (including phenoxy) is 1. The lowest BCUT2D eigenvalue weighted by molar-refractivity contribution is 0.106. The first-order valence-corrected chi connectivity index (χ1v) is 9.50. The average molecular weight is 350 g/mol. The number of piperidine rings is 1. The third kappa shape index (κ3) is 3.61. The molecule has 0 saturated carbocycles. The van der Waals surface area contributed by atoms with Gasteiger partial charge in [-0.2, -0.15) is 0 Å². The zero-order valence-corrected chi connectivity index (χ0v) is 15.3. The molecule has 1 fully saturated rings. The van der Waals surface area contributed by atoms with Gasteiger partial charge in [0.2, 0.25) is 0 Å². The van der Waals surface area contributed by atoms with E-state index in [0.29, 0.717) is 11.7 Å². The zero-order chi connectivity index (χ0) is 17.9. The van der Waals surface area contributed by atoms with Crippen LogP contribution < -0.4 is 4.74 Å². The lowest BCUT2D eigenvalue weighted by Gasteiger charge is -2.40. The molecule has 1 atom stereocenters. The minimum atomic E-state index is -0.262. The van der Waals surface area contributed by atoms with Gasteiger partial charge in [-0.25, -0.2) is 4.79 Å². The number of para-hydroxylation sites is 1. The number of hydrogen-bond acceptors (Lipinski definition) is 3. The number of benzene rings is 2. The SMILES string of the molecule is CN(C(=O)Oc1ccccc1)C1CCN(CC2Cc3ccccc32)CC1. The van der Waals surface area contributed by atoms with Crippen molar-refractivity contribution in [2.75, 3.05) is 26.7 Å². The molecule has 0 aromatic heterocycles. The predicted octanol–water partition coefficient (Wildman–Crippen LogP) is 3.92. The number of rotatable bonds is 4. The minimum Gasteiger partial charge on any atom is -0.410 e. The first kappa shape index (κ1) is 17.1. The van der Waals surface area contributed by atoms with Crippen LogP contribution in [0.15, 0.2) is 54.6 Å². The molecule has 4 heteroatoms. The van der Waals surface area contributed by atoms with E-state index in [2.05, 4.69) is 29.2 Å². The van der Waals surface area contributed by atoms with Gasteiger partial charge >= 0.3 is 6.09 Å². The summed E-state index contributed by atoms with van der Waals surface area (Å²) in [6.45, 7) is 3.24. The minimum absolute atomic E-state index is 0.260. The molecule has 1 amide bonds. The van der Waals surface area contributed by atoms with Crippen molar-refractivity contribution in [2.45, 2.75) is 31.2 Å². The molecule has 0 bridgehead atoms. The summed E-state index contributed by atoms with van der Waals surface area (Å²) in [5.74, 6) is 1.29. The Morgan fingerprint density at radius 3 is 2.50 bits per heavy atom. The Labute approximate surface area is 155 Å². The smallest absolute Gasteiger partial charge is 0.410 e. The fourth-order valence-electron chi connectivity index (χ4n) is 4.14. The second kappa shape index (κ2) is 7.50. The Balaban J connectivity index is 1.25. The van der Waals surface area contributed by atoms with E-state index in [0.717, 1.165) is 32.5 Å². The molecular weight excluding hydrogens is 324 g/mol. The van der Waals surface area contributed by atoms with Gasteiger partial charge < -0.3 is 14.5 Å². The van der Waals surface area contributed by atoms with E-state index in [1.165, 1.54) is 17.5 Å². The van der Waals surface area contributed by atoms with Crippen LogP contribution in [0.2, 0.25) is 0 Å². The van der Waals surface area contributed by atoms with Gasteiger partial charge in [0.05, 0.1) is 0 Å². The van der Waals surface area contributed by atoms with Crippen molar-refractivity contribution in [3.63, 3.8) is 0 Å². The van der Waals surface area contributed by atoms with Gasteiger partial charge in [-0.3, -0.25) is 0 Å². The normalized spacial score (nSPS) is 20.1. The highest BCUT2D eigenvalue weighted by Crippen LogP contribution is 2.35. The largest absolute Gasteiger partial charge is 0.415 e. The van der Waals surface area contributed by atoms with Crippen LogP contribution in [0, 0.1) is 0 Å². The van der Waals surface area contributed by atoms with Crippen molar-refractivity contribution < 1.29 is 9.53 Å². The van der Waals surface area contributed by atoms with E-state index < -0.39 is 0 Å². The molecule has 2 aliphatic rings. The second-order valence-electron chi connectivity index (χ2n) is 7.42. The summed E-state index contributed by atoms with van der Waals surface area (Å²) in [7, 11) is 1.85. The van der Waals surface area contributed by atoms with Crippen molar-refractivity contribution in [2.24, 2.45) is 0 Å². The Kier molecular flexibility index (Phi) is 4.93. The van der Waals surface area contributed by atoms with Crippen LogP contribution in [0.3, 0.4) is 0 Å². The number of likely N-dealkylation sites (tertiary alicyclic amines) is 1. The van der Waals surface area contributed by atoms with Crippen molar-refractivity contribution in [3.05, 3.63) is 65.7 Å². The van der Waals surface area contributed by atoms with E-state index in [4.69, 9.17) is 4.74 Å². The lowest BCUT2D eigenvalue weighted by atomic mass is 9.77. The van der Waals surface area contributed by atoms with Crippen LogP contribution in [-0.2, 0) is 6.42 Å². The van der Waals surface area contributed by atoms with E-state index in [1.807, 2.05) is 37.4 Å². The van der Waals surface area contributed by atoms with Gasteiger partial charge in [-0.15, -0.1) is 0 Å². The molecule has 0 radical (unpaired) electrons. The molecule has 1 heterocycles. The molecule has 1 unspecified atom stereocenters. The fraction of sp³-hybridized carbons (Fsp3) is 0.409. The Morgan fingerprint density at radius 2 is 1.77 bits per heavy atom. The fourth-order valence-corrected chi connectivity index (χ4v) is 4.14. The Hall–Kier alpha value is -2.33. The molecule has 1 aliphatic carbocycles. The number of amides is 1. The molecule has 26 heavy (non-hydrogen) atoms. The number of carbonyl (C=O) groups is 1. The average Bonchev–Trinajstić information content (AvgIpc) is 2.67. The van der Waals surface area contributed by atoms with Crippen molar-refractivity contribution in [1.82, 2.24) is 9.80 Å². The summed E-state index contributed by atoms with van der Waals surface area (Å²) in [6.07, 6.45) is 2.96. The van der Waals surface area contributed by atoms with E-state index in [-0.39, 0.29) is 12.1 Å². The summed E-state index contributed by atoms with van der Waals surface area (Å²) >= 11 is 0. The summed E-state index contributed by atoms with van der Waals surface area (Å²) < 4.78 is 5.46. The Morgan fingerprint density at radius 1 is 1.08 bits per heavy atom. The van der Waals surface area contributed by atoms with Crippen molar-refractivity contribution >= 4 is 6.09 Å². The van der Waals surface area contributed by atoms with Gasteiger partial charge in [0, 0.05) is 38.6 Å². The highest BCUT2D eigenvalue weighted by molar-refractivity contribution is 5.70. The van der Waals surface area contributed by atoms with Crippen LogP contribution >= 0.6 is 0 Å². The van der Waals surface area contributed by atoms with Gasteiger partial charge in [0.1, 0.15) is 5.75 Å². The van der Waals surface area contributed by atoms with Crippen molar-refractivity contribution in [1.29, 1.82) is 0 Å². The van der Waals surface area contributed by atoms with E-state index in [9.17, 15) is 4.79 Å². The van der Waals surface area contributed by atoms with E-state index >= 15 is 0 Å². The highest BCUT2D eigenvalue weighted by atomic mass is 16.6. The summed E-state index contributed by atoms with van der Waals surface area (Å²) in [4.78, 5) is 16.7. The van der Waals surface area contributed by atoms with Gasteiger partial charge in [0.15, 0.2) is 0 Å². The standard InChI is InChI=1S/C22H26N2O2/c1-23(22(25)26-20-8-3-2-4-9-20)19-11-13-24(14-12-19)16-18-15-17-7-5-6-10-21(17)18/h2-10,18-19H,11-16H2,1H3. The molecule has 4 rings (SSSR count). The third-order valence-electron chi connectivity index (χ3n) is 5.78. The first-order chi connectivity index (χ1) is 12.7. The number of fused-ring (bicyclic) bond motifs is 1. The van der Waals surface area contributed by atoms with Gasteiger partial charge in [-0.05, 0) is 42.5 Å². The molecule has 2 aromatic rings. The van der Waals surface area contributed by atoms with Crippen LogP contribution in [-0.4, -0.2) is 48.6 Å². The number of carbonyl (C=O) groups excluding carboxylic acids is 1. The van der Waals surface area contributed by atoms with Gasteiger partial charge in [0.25, 0.3) is 0 Å². The molecule has 0 N–H and O–H groups in total. The number of hydrogen-bond donors (Lipinski definition) is 0. The van der Waals surface area contributed by atoms with E-state index in [1.54, 1.807) is 4.90 Å². The molecule has 136 valence electrons. The third-order valence-corrected chi connectivity index (χ3v) is 5.78. The summed E-state index contributed by atoms with van der Waals surface area (Å²) in [5, 5.41) is 0. The molecule has 1 saturated heterocycles. The molecule has 2 aromatic carbocycles. The van der Waals surface area contributed by atoms with Crippen LogP contribution in [0.4, 0.5) is 4.79 Å².